The molecule has 4 heteroatoms. The minimum Gasteiger partial charge on any atom is -0.323 e. The minimum atomic E-state index is 0.0541. The van der Waals surface area contributed by atoms with Crippen molar-refractivity contribution in [2.45, 2.75) is 19.9 Å². The molecule has 3 nitrogen and oxygen atoms in total. The predicted molar refractivity (Wildman–Crippen MR) is 62.7 cm³/mol. The zero-order valence-corrected chi connectivity index (χ0v) is 9.58. The molecule has 0 saturated heterocycles. The molecule has 0 fully saturated rings. The fourth-order valence-electron chi connectivity index (χ4n) is 1.33. The summed E-state index contributed by atoms with van der Waals surface area (Å²) in [7, 11) is 0. The van der Waals surface area contributed by atoms with Gasteiger partial charge in [0.25, 0.3) is 0 Å². The van der Waals surface area contributed by atoms with Gasteiger partial charge in [0.05, 0.1) is 0 Å². The van der Waals surface area contributed by atoms with Crippen molar-refractivity contribution in [3.63, 3.8) is 0 Å². The van der Waals surface area contributed by atoms with Crippen LogP contribution in [0.4, 0.5) is 0 Å². The number of pyridine rings is 1. The molecular formula is C11H13N3S. The van der Waals surface area contributed by atoms with E-state index < -0.39 is 0 Å². The SMILES string of the molecule is Cc1cnccc1-c1ncc(C(C)N)s1. The topological polar surface area (TPSA) is 51.8 Å². The smallest absolute Gasteiger partial charge is 0.123 e. The Morgan fingerprint density at radius 3 is 2.80 bits per heavy atom. The van der Waals surface area contributed by atoms with E-state index >= 15 is 0 Å². The lowest BCUT2D eigenvalue weighted by Crippen LogP contribution is -2.01. The highest BCUT2D eigenvalue weighted by atomic mass is 32.1. The predicted octanol–water partition coefficient (Wildman–Crippen LogP) is 2.53. The van der Waals surface area contributed by atoms with Gasteiger partial charge in [0.2, 0.25) is 0 Å². The van der Waals surface area contributed by atoms with Gasteiger partial charge < -0.3 is 5.73 Å². The van der Waals surface area contributed by atoms with E-state index in [2.05, 4.69) is 9.97 Å². The van der Waals surface area contributed by atoms with Gasteiger partial charge in [0.15, 0.2) is 0 Å². The number of hydrogen-bond donors (Lipinski definition) is 1. The summed E-state index contributed by atoms with van der Waals surface area (Å²) < 4.78 is 0. The molecule has 0 aliphatic rings. The Morgan fingerprint density at radius 2 is 2.20 bits per heavy atom. The second kappa shape index (κ2) is 4.08. The van der Waals surface area contributed by atoms with Crippen LogP contribution in [0.3, 0.4) is 0 Å². The molecule has 0 spiro atoms. The average Bonchev–Trinajstić information content (AvgIpc) is 2.67. The molecule has 2 heterocycles. The Labute approximate surface area is 93.0 Å². The molecule has 0 aliphatic heterocycles. The molecule has 0 saturated carbocycles. The molecule has 2 aromatic rings. The normalized spacial score (nSPS) is 12.7. The molecule has 78 valence electrons. The quantitative estimate of drug-likeness (QED) is 0.844. The maximum absolute atomic E-state index is 5.80. The number of aromatic nitrogens is 2. The zero-order valence-electron chi connectivity index (χ0n) is 8.77. The van der Waals surface area contributed by atoms with Gasteiger partial charge in [-0.05, 0) is 25.5 Å². The summed E-state index contributed by atoms with van der Waals surface area (Å²) in [4.78, 5) is 9.56. The third-order valence-electron chi connectivity index (χ3n) is 2.22. The van der Waals surface area contributed by atoms with Crippen LogP contribution in [0.15, 0.2) is 24.7 Å². The summed E-state index contributed by atoms with van der Waals surface area (Å²) in [6.45, 7) is 4.01. The maximum atomic E-state index is 5.80. The van der Waals surface area contributed by atoms with Crippen molar-refractivity contribution in [1.82, 2.24) is 9.97 Å². The highest BCUT2D eigenvalue weighted by molar-refractivity contribution is 7.15. The average molecular weight is 219 g/mol. The van der Waals surface area contributed by atoms with Crippen LogP contribution < -0.4 is 5.73 Å². The number of aryl methyl sites for hydroxylation is 1. The van der Waals surface area contributed by atoms with Crippen molar-refractivity contribution in [2.75, 3.05) is 0 Å². The van der Waals surface area contributed by atoms with E-state index in [0.29, 0.717) is 0 Å². The fraction of sp³-hybridized carbons (Fsp3) is 0.273. The van der Waals surface area contributed by atoms with E-state index in [4.69, 9.17) is 5.73 Å². The third-order valence-corrected chi connectivity index (χ3v) is 3.45. The van der Waals surface area contributed by atoms with E-state index in [1.807, 2.05) is 32.3 Å². The first-order valence-corrected chi connectivity index (χ1v) is 5.62. The van der Waals surface area contributed by atoms with Gasteiger partial charge in [0.1, 0.15) is 5.01 Å². The highest BCUT2D eigenvalue weighted by Gasteiger charge is 2.09. The first-order chi connectivity index (χ1) is 7.18. The monoisotopic (exact) mass is 219 g/mol. The lowest BCUT2D eigenvalue weighted by molar-refractivity contribution is 0.835. The molecular weight excluding hydrogens is 206 g/mol. The van der Waals surface area contributed by atoms with Crippen molar-refractivity contribution >= 4 is 11.3 Å². The van der Waals surface area contributed by atoms with Crippen molar-refractivity contribution in [2.24, 2.45) is 5.73 Å². The maximum Gasteiger partial charge on any atom is 0.123 e. The van der Waals surface area contributed by atoms with Crippen molar-refractivity contribution < 1.29 is 0 Å². The molecule has 15 heavy (non-hydrogen) atoms. The van der Waals surface area contributed by atoms with Crippen LogP contribution in [-0.4, -0.2) is 9.97 Å². The molecule has 0 bridgehead atoms. The largest absolute Gasteiger partial charge is 0.323 e. The number of thiazole rings is 1. The number of nitrogens with zero attached hydrogens (tertiary/aromatic N) is 2. The zero-order chi connectivity index (χ0) is 10.8. The Kier molecular flexibility index (Phi) is 2.79. The van der Waals surface area contributed by atoms with Gasteiger partial charge in [-0.25, -0.2) is 4.98 Å². The molecule has 0 amide bonds. The lowest BCUT2D eigenvalue weighted by Gasteiger charge is -2.00. The van der Waals surface area contributed by atoms with Gasteiger partial charge in [-0.1, -0.05) is 0 Å². The number of hydrogen-bond acceptors (Lipinski definition) is 4. The summed E-state index contributed by atoms with van der Waals surface area (Å²) in [6.07, 6.45) is 5.49. The Balaban J connectivity index is 2.42. The molecule has 0 radical (unpaired) electrons. The van der Waals surface area contributed by atoms with Crippen molar-refractivity contribution in [1.29, 1.82) is 0 Å². The van der Waals surface area contributed by atoms with Gasteiger partial charge in [-0.3, -0.25) is 4.98 Å². The Bertz CT molecular complexity index is 462. The van der Waals surface area contributed by atoms with Crippen molar-refractivity contribution in [3.05, 3.63) is 35.1 Å². The van der Waals surface area contributed by atoms with E-state index in [1.165, 1.54) is 0 Å². The van der Waals surface area contributed by atoms with Crippen LogP contribution in [0.25, 0.3) is 10.6 Å². The van der Waals surface area contributed by atoms with Crippen LogP contribution in [0.5, 0.6) is 0 Å². The fourth-order valence-corrected chi connectivity index (χ4v) is 2.29. The van der Waals surface area contributed by atoms with Crippen LogP contribution in [0, 0.1) is 6.92 Å². The van der Waals surface area contributed by atoms with Crippen LogP contribution in [0.2, 0.25) is 0 Å². The summed E-state index contributed by atoms with van der Waals surface area (Å²) in [5, 5.41) is 1.02. The summed E-state index contributed by atoms with van der Waals surface area (Å²) in [5.41, 5.74) is 8.08. The third kappa shape index (κ3) is 2.06. The van der Waals surface area contributed by atoms with E-state index in [1.54, 1.807) is 17.5 Å². The molecule has 0 aliphatic carbocycles. The van der Waals surface area contributed by atoms with E-state index in [0.717, 1.165) is 21.0 Å². The number of rotatable bonds is 2. The van der Waals surface area contributed by atoms with E-state index in [9.17, 15) is 0 Å². The first kappa shape index (κ1) is 10.3. The first-order valence-electron chi connectivity index (χ1n) is 4.81. The Morgan fingerprint density at radius 1 is 1.40 bits per heavy atom. The van der Waals surface area contributed by atoms with Crippen LogP contribution in [-0.2, 0) is 0 Å². The molecule has 1 unspecified atom stereocenters. The second-order valence-corrected chi connectivity index (χ2v) is 4.61. The lowest BCUT2D eigenvalue weighted by atomic mass is 10.2. The van der Waals surface area contributed by atoms with Gasteiger partial charge in [-0.15, -0.1) is 11.3 Å². The molecule has 2 aromatic heterocycles. The molecule has 2 rings (SSSR count). The second-order valence-electron chi connectivity index (χ2n) is 3.55. The molecule has 2 N–H and O–H groups in total. The van der Waals surface area contributed by atoms with E-state index in [-0.39, 0.29) is 6.04 Å². The Hall–Kier alpha value is -1.26. The van der Waals surface area contributed by atoms with Gasteiger partial charge >= 0.3 is 0 Å². The summed E-state index contributed by atoms with van der Waals surface area (Å²) >= 11 is 1.64. The minimum absolute atomic E-state index is 0.0541. The standard InChI is InChI=1S/C11H13N3S/c1-7-5-13-4-3-9(7)11-14-6-10(15-11)8(2)12/h3-6,8H,12H2,1-2H3. The van der Waals surface area contributed by atoms with Crippen molar-refractivity contribution in [3.8, 4) is 10.6 Å². The molecule has 0 aromatic carbocycles. The summed E-state index contributed by atoms with van der Waals surface area (Å²) in [5.74, 6) is 0. The summed E-state index contributed by atoms with van der Waals surface area (Å²) in [6, 6.07) is 2.04. The highest BCUT2D eigenvalue weighted by Crippen LogP contribution is 2.29. The molecule has 1 atom stereocenters. The van der Waals surface area contributed by atoms with Gasteiger partial charge in [0, 0.05) is 35.1 Å². The van der Waals surface area contributed by atoms with Gasteiger partial charge in [-0.2, -0.15) is 0 Å². The van der Waals surface area contributed by atoms with Crippen LogP contribution >= 0.6 is 11.3 Å². The number of nitrogens with two attached hydrogens (primary N) is 1. The van der Waals surface area contributed by atoms with Crippen LogP contribution in [0.1, 0.15) is 23.4 Å².